The molecule has 0 heterocycles. The molecule has 2 atom stereocenters. The minimum Gasteiger partial charge on any atom is -0.358 e. The van der Waals surface area contributed by atoms with Gasteiger partial charge in [0.05, 0.1) is 12.8 Å². The topological polar surface area (TPSA) is 55.4 Å². The molecule has 0 aromatic heterocycles. The summed E-state index contributed by atoms with van der Waals surface area (Å²) in [5.41, 5.74) is 0. The zero-order valence-corrected chi connectivity index (χ0v) is 21.0. The molecule has 28 heavy (non-hydrogen) atoms. The Morgan fingerprint density at radius 3 is 1.04 bits per heavy atom. The van der Waals surface area contributed by atoms with E-state index in [0.717, 1.165) is 12.8 Å². The number of ether oxygens (including phenoxy) is 6. The lowest BCUT2D eigenvalue weighted by molar-refractivity contribution is -0.192. The lowest BCUT2D eigenvalue weighted by atomic mass is 10.6. The molecule has 0 radical (unpaired) electrons. The maximum absolute atomic E-state index is 6.06. The third-order valence-electron chi connectivity index (χ3n) is 4.47. The van der Waals surface area contributed by atoms with Crippen molar-refractivity contribution in [2.75, 3.05) is 39.6 Å². The molecular formula is C18H34O6S4. The van der Waals surface area contributed by atoms with Crippen LogP contribution in [-0.2, 0) is 28.4 Å². The van der Waals surface area contributed by atoms with Crippen molar-refractivity contribution in [2.24, 2.45) is 0 Å². The molecule has 2 fully saturated rings. The van der Waals surface area contributed by atoms with E-state index in [9.17, 15) is 0 Å². The third-order valence-corrected chi connectivity index (χ3v) is 11.8. The van der Waals surface area contributed by atoms with E-state index in [1.54, 1.807) is 41.2 Å². The highest BCUT2D eigenvalue weighted by Crippen LogP contribution is 2.71. The third kappa shape index (κ3) is 5.14. The Bertz CT molecular complexity index is 431. The minimum absolute atomic E-state index is 0.467. The molecule has 0 aromatic carbocycles. The largest absolute Gasteiger partial charge is 0.358 e. The van der Waals surface area contributed by atoms with Gasteiger partial charge in [-0.25, -0.2) is 0 Å². The Kier molecular flexibility index (Phi) is 10.1. The Balaban J connectivity index is 1.92. The quantitative estimate of drug-likeness (QED) is 0.154. The fraction of sp³-hybridized carbons (Fsp3) is 1.00. The summed E-state index contributed by atoms with van der Waals surface area (Å²) < 4.78 is 35.9. The molecule has 166 valence electrons. The van der Waals surface area contributed by atoms with Crippen LogP contribution in [0.1, 0.15) is 54.4 Å². The smallest absolute Gasteiger partial charge is 0.212 e. The molecule has 10 heteroatoms. The number of hydrogen-bond donors (Lipinski definition) is 0. The monoisotopic (exact) mass is 474 g/mol. The Morgan fingerprint density at radius 1 is 0.500 bits per heavy atom. The number of hydrogen-bond acceptors (Lipinski definition) is 10. The standard InChI is InChI=1S/C18H34O6S4/c1-7-19-15(20-8-2)13-17(15,23-11-5)25-27-28-26-18(24-12-6)14-16(18,21-9-3)22-10-4/h7-14H2,1-6H3. The van der Waals surface area contributed by atoms with E-state index in [4.69, 9.17) is 28.4 Å². The minimum atomic E-state index is -0.646. The van der Waals surface area contributed by atoms with Gasteiger partial charge in [-0.15, -0.1) is 0 Å². The fourth-order valence-corrected chi connectivity index (χ4v) is 11.1. The van der Waals surface area contributed by atoms with Gasteiger partial charge in [0, 0.05) is 39.6 Å². The van der Waals surface area contributed by atoms with Crippen molar-refractivity contribution < 1.29 is 28.4 Å². The van der Waals surface area contributed by atoms with E-state index in [1.165, 1.54) is 0 Å². The molecule has 0 bridgehead atoms. The van der Waals surface area contributed by atoms with Gasteiger partial charge in [-0.3, -0.25) is 0 Å². The van der Waals surface area contributed by atoms with Crippen molar-refractivity contribution in [3.05, 3.63) is 0 Å². The average Bonchev–Trinajstić information content (AvgIpc) is 3.46. The van der Waals surface area contributed by atoms with Crippen LogP contribution in [0.25, 0.3) is 0 Å². The molecular weight excluding hydrogens is 440 g/mol. The molecule has 0 N–H and O–H groups in total. The summed E-state index contributed by atoms with van der Waals surface area (Å²) in [6.07, 6.45) is 1.47. The molecule has 2 aliphatic carbocycles. The number of rotatable bonds is 17. The van der Waals surface area contributed by atoms with E-state index >= 15 is 0 Å². The molecule has 0 amide bonds. The lowest BCUT2D eigenvalue weighted by Crippen LogP contribution is -2.32. The second-order valence-electron chi connectivity index (χ2n) is 6.27. The molecule has 2 unspecified atom stereocenters. The average molecular weight is 475 g/mol. The van der Waals surface area contributed by atoms with Crippen LogP contribution in [0.15, 0.2) is 0 Å². The van der Waals surface area contributed by atoms with Gasteiger partial charge >= 0.3 is 0 Å². The Labute approximate surface area is 184 Å². The molecule has 2 rings (SSSR count). The van der Waals surface area contributed by atoms with E-state index in [0.29, 0.717) is 39.6 Å². The summed E-state index contributed by atoms with van der Waals surface area (Å²) in [5.74, 6) is -1.29. The van der Waals surface area contributed by atoms with E-state index < -0.39 is 21.4 Å². The van der Waals surface area contributed by atoms with Gasteiger partial charge in [-0.1, -0.05) is 0 Å². The van der Waals surface area contributed by atoms with Crippen LogP contribution in [0.2, 0.25) is 0 Å². The van der Waals surface area contributed by atoms with Crippen molar-refractivity contribution in [3.63, 3.8) is 0 Å². The SMILES string of the molecule is CCOC1(OCC)CC1(OCC)SSSSC1(OCC)CC1(OCC)OCC. The normalized spacial score (nSPS) is 29.8. The Morgan fingerprint density at radius 2 is 0.786 bits per heavy atom. The van der Waals surface area contributed by atoms with E-state index in [2.05, 4.69) is 0 Å². The lowest BCUT2D eigenvalue weighted by Gasteiger charge is -2.25. The van der Waals surface area contributed by atoms with Crippen LogP contribution in [0, 0.1) is 0 Å². The van der Waals surface area contributed by atoms with Crippen molar-refractivity contribution in [2.45, 2.75) is 75.8 Å². The Hall–Kier alpha value is 1.16. The van der Waals surface area contributed by atoms with Gasteiger partial charge < -0.3 is 28.4 Å². The predicted octanol–water partition coefficient (Wildman–Crippen LogP) is 5.48. The van der Waals surface area contributed by atoms with Crippen molar-refractivity contribution >= 4 is 41.2 Å². The first-order valence-corrected chi connectivity index (χ1v) is 14.8. The summed E-state index contributed by atoms with van der Waals surface area (Å²) in [7, 11) is 6.66. The van der Waals surface area contributed by atoms with Gasteiger partial charge in [0.15, 0.2) is 9.87 Å². The maximum atomic E-state index is 6.06. The molecule has 2 saturated carbocycles. The van der Waals surface area contributed by atoms with Crippen LogP contribution in [0.3, 0.4) is 0 Å². The van der Waals surface area contributed by atoms with Gasteiger partial charge in [-0.2, -0.15) is 0 Å². The molecule has 6 nitrogen and oxygen atoms in total. The highest BCUT2D eigenvalue weighted by atomic mass is 33.7. The van der Waals surface area contributed by atoms with Crippen LogP contribution in [0.5, 0.6) is 0 Å². The molecule has 0 aliphatic heterocycles. The highest BCUT2D eigenvalue weighted by molar-refractivity contribution is 9.26. The molecule has 0 spiro atoms. The molecule has 2 aliphatic rings. The fourth-order valence-electron chi connectivity index (χ4n) is 3.34. The van der Waals surface area contributed by atoms with Crippen molar-refractivity contribution in [1.29, 1.82) is 0 Å². The second kappa shape index (κ2) is 11.2. The van der Waals surface area contributed by atoms with Crippen LogP contribution in [-0.4, -0.2) is 61.1 Å². The second-order valence-corrected chi connectivity index (χ2v) is 12.5. The first-order valence-electron chi connectivity index (χ1n) is 10.0. The molecule has 0 saturated heterocycles. The first-order chi connectivity index (χ1) is 13.5. The van der Waals surface area contributed by atoms with Crippen LogP contribution < -0.4 is 0 Å². The van der Waals surface area contributed by atoms with Crippen molar-refractivity contribution in [3.8, 4) is 0 Å². The summed E-state index contributed by atoms with van der Waals surface area (Å²) in [4.78, 5) is -0.934. The van der Waals surface area contributed by atoms with E-state index in [-0.39, 0.29) is 0 Å². The van der Waals surface area contributed by atoms with E-state index in [1.807, 2.05) is 41.5 Å². The predicted molar refractivity (Wildman–Crippen MR) is 120 cm³/mol. The maximum Gasteiger partial charge on any atom is 0.212 e. The summed E-state index contributed by atoms with van der Waals surface area (Å²) >= 11 is 0. The van der Waals surface area contributed by atoms with Gasteiger partial charge in [0.2, 0.25) is 11.6 Å². The van der Waals surface area contributed by atoms with Gasteiger partial charge in [-0.05, 0) is 82.8 Å². The zero-order chi connectivity index (χ0) is 20.7. The highest BCUT2D eigenvalue weighted by Gasteiger charge is 2.75. The zero-order valence-electron chi connectivity index (χ0n) is 17.7. The first kappa shape index (κ1) is 25.4. The van der Waals surface area contributed by atoms with Crippen LogP contribution in [0.4, 0.5) is 0 Å². The molecule has 0 aromatic rings. The summed E-state index contributed by atoms with van der Waals surface area (Å²) in [5, 5.41) is 0. The van der Waals surface area contributed by atoms with Crippen molar-refractivity contribution in [1.82, 2.24) is 0 Å². The summed E-state index contributed by atoms with van der Waals surface area (Å²) in [6.45, 7) is 15.6. The summed E-state index contributed by atoms with van der Waals surface area (Å²) in [6, 6.07) is 0. The van der Waals surface area contributed by atoms with Crippen LogP contribution >= 0.6 is 41.2 Å². The van der Waals surface area contributed by atoms with Gasteiger partial charge in [0.1, 0.15) is 0 Å². The van der Waals surface area contributed by atoms with Gasteiger partial charge in [0.25, 0.3) is 0 Å².